The van der Waals surface area contributed by atoms with Gasteiger partial charge in [-0.25, -0.2) is 9.59 Å². The summed E-state index contributed by atoms with van der Waals surface area (Å²) in [7, 11) is 0. The Hall–Kier alpha value is -3.46. The van der Waals surface area contributed by atoms with Crippen LogP contribution in [0.4, 0.5) is 0 Å². The highest BCUT2D eigenvalue weighted by atomic mass is 16.8. The van der Waals surface area contributed by atoms with Crippen LogP contribution in [0, 0.1) is 11.8 Å². The molecular weight excluding hydrogens is 508 g/mol. The molecule has 0 saturated carbocycles. The fraction of sp³-hybridized carbons (Fsp3) is 0.440. The number of carboxylic acids is 1. The van der Waals surface area contributed by atoms with E-state index in [9.17, 15) is 45.3 Å². The zero-order chi connectivity index (χ0) is 28.0. The van der Waals surface area contributed by atoms with Gasteiger partial charge in [0, 0.05) is 24.5 Å². The van der Waals surface area contributed by atoms with E-state index in [1.54, 1.807) is 0 Å². The maximum atomic E-state index is 12.5. The van der Waals surface area contributed by atoms with Crippen LogP contribution in [-0.2, 0) is 28.5 Å². The minimum Gasteiger partial charge on any atom is -0.504 e. The summed E-state index contributed by atoms with van der Waals surface area (Å²) in [5.74, 6) is -4.59. The standard InChI is InChI=1S/C25H30O13/c1-2-13-14(7-8-26)15(23(33)34)11-35-24(13)38-25-22(21(32)20(31)18(10-27)36-25)37-19(30)6-4-12-3-5-16(28)17(29)9-12/h2-6,9,11,13-14,18,20-22,24-29,31-32H,1,7-8,10H2,(H,33,34)/t13-,14-,18+,20+,21-,22+,24-,25+/m0/s1. The molecular formula is C25H30O13. The quantitative estimate of drug-likeness (QED) is 0.0876. The average Bonchev–Trinajstić information content (AvgIpc) is 2.89. The Morgan fingerprint density at radius 3 is 2.42 bits per heavy atom. The first-order chi connectivity index (χ1) is 18.1. The molecule has 0 aromatic heterocycles. The fourth-order valence-corrected chi connectivity index (χ4v) is 4.21. The summed E-state index contributed by atoms with van der Waals surface area (Å²) in [5, 5.41) is 68.4. The molecule has 8 atom stereocenters. The predicted octanol–water partition coefficient (Wildman–Crippen LogP) is -0.396. The van der Waals surface area contributed by atoms with Crippen molar-refractivity contribution >= 4 is 18.0 Å². The van der Waals surface area contributed by atoms with Gasteiger partial charge < -0.3 is 54.7 Å². The number of carbonyl (C=O) groups excluding carboxylic acids is 1. The molecule has 2 heterocycles. The highest BCUT2D eigenvalue weighted by Gasteiger charge is 2.49. The van der Waals surface area contributed by atoms with Gasteiger partial charge in [-0.05, 0) is 30.2 Å². The summed E-state index contributed by atoms with van der Waals surface area (Å²) in [4.78, 5) is 24.2. The van der Waals surface area contributed by atoms with Gasteiger partial charge in [0.1, 0.15) is 18.3 Å². The number of aliphatic hydroxyl groups excluding tert-OH is 4. The lowest BCUT2D eigenvalue weighted by Crippen LogP contribution is -2.61. The molecule has 13 heteroatoms. The van der Waals surface area contributed by atoms with Crippen LogP contribution in [0.15, 0.2) is 48.8 Å². The van der Waals surface area contributed by atoms with Gasteiger partial charge in [0.2, 0.25) is 12.6 Å². The van der Waals surface area contributed by atoms with Gasteiger partial charge in [0.25, 0.3) is 0 Å². The molecule has 3 rings (SSSR count). The lowest BCUT2D eigenvalue weighted by molar-refractivity contribution is -0.340. The molecule has 1 aromatic rings. The maximum absolute atomic E-state index is 12.5. The van der Waals surface area contributed by atoms with Crippen molar-refractivity contribution in [2.24, 2.45) is 11.8 Å². The van der Waals surface area contributed by atoms with E-state index in [2.05, 4.69) is 6.58 Å². The van der Waals surface area contributed by atoms with Crippen LogP contribution in [0.1, 0.15) is 12.0 Å². The SMILES string of the molecule is C=C[C@@H]1[C@H](O[C@H]2O[C@H](CO)[C@@H](O)[C@H](O)[C@H]2OC(=O)C=Cc2ccc(O)c(O)c2)OC=C(C(=O)O)[C@H]1CCO. The zero-order valence-electron chi connectivity index (χ0n) is 20.1. The summed E-state index contributed by atoms with van der Waals surface area (Å²) >= 11 is 0. The van der Waals surface area contributed by atoms with Crippen molar-refractivity contribution in [2.45, 2.75) is 43.4 Å². The minimum atomic E-state index is -1.76. The lowest BCUT2D eigenvalue weighted by atomic mass is 9.82. The van der Waals surface area contributed by atoms with Crippen molar-refractivity contribution in [3.05, 3.63) is 54.3 Å². The van der Waals surface area contributed by atoms with Crippen LogP contribution in [-0.4, -0.2) is 97.9 Å². The van der Waals surface area contributed by atoms with Crippen molar-refractivity contribution in [3.63, 3.8) is 0 Å². The van der Waals surface area contributed by atoms with Gasteiger partial charge in [0.15, 0.2) is 17.6 Å². The average molecular weight is 539 g/mol. The summed E-state index contributed by atoms with van der Waals surface area (Å²) in [6.45, 7) is 2.63. The molecule has 2 aliphatic heterocycles. The normalized spacial score (nSPS) is 31.3. The summed E-state index contributed by atoms with van der Waals surface area (Å²) < 4.78 is 22.1. The van der Waals surface area contributed by atoms with Crippen molar-refractivity contribution < 1.29 is 64.3 Å². The second-order valence-corrected chi connectivity index (χ2v) is 8.64. The molecule has 0 amide bonds. The Kier molecular flexibility index (Phi) is 9.85. The smallest absolute Gasteiger partial charge is 0.334 e. The number of carboxylic acid groups (broad SMARTS) is 1. The van der Waals surface area contributed by atoms with Crippen molar-refractivity contribution in [1.82, 2.24) is 0 Å². The second-order valence-electron chi connectivity index (χ2n) is 8.64. The monoisotopic (exact) mass is 538 g/mol. The van der Waals surface area contributed by atoms with Gasteiger partial charge in [0.05, 0.1) is 18.4 Å². The molecule has 1 saturated heterocycles. The minimum absolute atomic E-state index is 0.0419. The van der Waals surface area contributed by atoms with E-state index in [1.807, 2.05) is 0 Å². The summed E-state index contributed by atoms with van der Waals surface area (Å²) in [5.41, 5.74) is 0.219. The van der Waals surface area contributed by atoms with Crippen LogP contribution < -0.4 is 0 Å². The number of aliphatic carboxylic acids is 1. The molecule has 7 N–H and O–H groups in total. The van der Waals surface area contributed by atoms with E-state index < -0.39 is 73.1 Å². The zero-order valence-corrected chi connectivity index (χ0v) is 20.1. The third-order valence-electron chi connectivity index (χ3n) is 6.22. The van der Waals surface area contributed by atoms with E-state index >= 15 is 0 Å². The fourth-order valence-electron chi connectivity index (χ4n) is 4.21. The van der Waals surface area contributed by atoms with E-state index in [0.29, 0.717) is 5.56 Å². The van der Waals surface area contributed by atoms with Crippen LogP contribution in [0.3, 0.4) is 0 Å². The van der Waals surface area contributed by atoms with Crippen molar-refractivity contribution in [2.75, 3.05) is 13.2 Å². The molecule has 0 bridgehead atoms. The Bertz CT molecular complexity index is 1070. The third kappa shape index (κ3) is 6.51. The van der Waals surface area contributed by atoms with Crippen LogP contribution >= 0.6 is 0 Å². The third-order valence-corrected chi connectivity index (χ3v) is 6.22. The molecule has 0 unspecified atom stereocenters. The van der Waals surface area contributed by atoms with Gasteiger partial charge in [-0.1, -0.05) is 12.1 Å². The molecule has 1 fully saturated rings. The Balaban J connectivity index is 1.82. The van der Waals surface area contributed by atoms with Crippen molar-refractivity contribution in [3.8, 4) is 11.5 Å². The number of phenolic OH excluding ortho intramolecular Hbond substituents is 2. The van der Waals surface area contributed by atoms with E-state index in [0.717, 1.165) is 12.3 Å². The van der Waals surface area contributed by atoms with E-state index in [1.165, 1.54) is 30.4 Å². The number of benzene rings is 1. The first kappa shape index (κ1) is 29.1. The van der Waals surface area contributed by atoms with Crippen LogP contribution in [0.2, 0.25) is 0 Å². The first-order valence-electron chi connectivity index (χ1n) is 11.6. The first-order valence-corrected chi connectivity index (χ1v) is 11.6. The topological polar surface area (TPSA) is 213 Å². The Labute approximate surface area is 217 Å². The van der Waals surface area contributed by atoms with Crippen LogP contribution in [0.5, 0.6) is 11.5 Å². The number of carbonyl (C=O) groups is 2. The largest absolute Gasteiger partial charge is 0.504 e. The second kappa shape index (κ2) is 12.9. The molecule has 38 heavy (non-hydrogen) atoms. The number of aromatic hydroxyl groups is 2. The number of rotatable bonds is 10. The Morgan fingerprint density at radius 2 is 1.82 bits per heavy atom. The number of esters is 1. The predicted molar refractivity (Wildman–Crippen MR) is 127 cm³/mol. The number of hydrogen-bond donors (Lipinski definition) is 7. The molecule has 208 valence electrons. The van der Waals surface area contributed by atoms with Gasteiger partial charge in [-0.2, -0.15) is 0 Å². The van der Waals surface area contributed by atoms with E-state index in [-0.39, 0.29) is 24.4 Å². The molecule has 2 aliphatic rings. The number of ether oxygens (including phenoxy) is 4. The van der Waals surface area contributed by atoms with Gasteiger partial charge in [-0.3, -0.25) is 0 Å². The summed E-state index contributed by atoms with van der Waals surface area (Å²) in [6.07, 6.45) is -4.59. The molecule has 1 aromatic carbocycles. The highest BCUT2D eigenvalue weighted by Crippen LogP contribution is 2.37. The number of hydrogen-bond acceptors (Lipinski definition) is 12. The maximum Gasteiger partial charge on any atom is 0.334 e. The van der Waals surface area contributed by atoms with Gasteiger partial charge >= 0.3 is 11.9 Å². The number of phenols is 2. The van der Waals surface area contributed by atoms with E-state index in [4.69, 9.17) is 18.9 Å². The Morgan fingerprint density at radius 1 is 1.08 bits per heavy atom. The van der Waals surface area contributed by atoms with Crippen molar-refractivity contribution in [1.29, 1.82) is 0 Å². The molecule has 0 spiro atoms. The molecule has 0 radical (unpaired) electrons. The number of aliphatic hydroxyl groups is 4. The highest BCUT2D eigenvalue weighted by molar-refractivity contribution is 5.87. The molecule has 13 nitrogen and oxygen atoms in total. The van der Waals surface area contributed by atoms with Gasteiger partial charge in [-0.15, -0.1) is 6.58 Å². The molecule has 0 aliphatic carbocycles. The summed E-state index contributed by atoms with van der Waals surface area (Å²) in [6, 6.07) is 3.82. The lowest BCUT2D eigenvalue weighted by Gasteiger charge is -2.44. The van der Waals surface area contributed by atoms with Crippen LogP contribution in [0.25, 0.3) is 6.08 Å².